The number of nitrogens with zero attached hydrogens (tertiary/aromatic N) is 2. The summed E-state index contributed by atoms with van der Waals surface area (Å²) in [5.74, 6) is -0.561. The van der Waals surface area contributed by atoms with Gasteiger partial charge >= 0.3 is 5.97 Å². The van der Waals surface area contributed by atoms with E-state index in [2.05, 4.69) is 6.07 Å². The summed E-state index contributed by atoms with van der Waals surface area (Å²) in [4.78, 5) is 25.6. The van der Waals surface area contributed by atoms with Crippen molar-refractivity contribution in [1.29, 1.82) is 5.26 Å². The van der Waals surface area contributed by atoms with Crippen molar-refractivity contribution in [3.8, 4) is 6.07 Å². The van der Waals surface area contributed by atoms with E-state index in [0.717, 1.165) is 17.3 Å². The maximum absolute atomic E-state index is 12.6. The maximum atomic E-state index is 12.6. The van der Waals surface area contributed by atoms with Crippen LogP contribution in [0.4, 0.5) is 0 Å². The summed E-state index contributed by atoms with van der Waals surface area (Å²) in [6, 6.07) is 12.5. The molecule has 1 aromatic carbocycles. The highest BCUT2D eigenvalue weighted by Gasteiger charge is 2.25. The molecule has 5 nitrogen and oxygen atoms in total. The second kappa shape index (κ2) is 8.51. The van der Waals surface area contributed by atoms with Crippen LogP contribution in [0.2, 0.25) is 5.02 Å². The average Bonchev–Trinajstić information content (AvgIpc) is 2.99. The van der Waals surface area contributed by atoms with Crippen molar-refractivity contribution < 1.29 is 14.3 Å². The van der Waals surface area contributed by atoms with Gasteiger partial charge in [0.25, 0.3) is 0 Å². The molecular formula is C21H17ClN2O3S. The van der Waals surface area contributed by atoms with Gasteiger partial charge in [0, 0.05) is 16.8 Å². The van der Waals surface area contributed by atoms with Gasteiger partial charge in [-0.25, -0.2) is 4.79 Å². The summed E-state index contributed by atoms with van der Waals surface area (Å²) < 4.78 is 6.84. The zero-order valence-electron chi connectivity index (χ0n) is 15.4. The lowest BCUT2D eigenvalue weighted by Crippen LogP contribution is -2.10. The number of ketones is 1. The van der Waals surface area contributed by atoms with E-state index in [-0.39, 0.29) is 23.8 Å². The van der Waals surface area contributed by atoms with Crippen LogP contribution in [0.25, 0.3) is 5.52 Å². The first-order chi connectivity index (χ1) is 13.5. The normalized spacial score (nSPS) is 10.6. The Morgan fingerprint density at radius 2 is 1.96 bits per heavy atom. The third-order valence-corrected chi connectivity index (χ3v) is 5.49. The van der Waals surface area contributed by atoms with Gasteiger partial charge in [0.15, 0.2) is 5.78 Å². The molecule has 0 N–H and O–H groups in total. The number of pyridine rings is 1. The number of fused-ring (bicyclic) bond motifs is 1. The van der Waals surface area contributed by atoms with Crippen LogP contribution in [0.15, 0.2) is 47.5 Å². The van der Waals surface area contributed by atoms with E-state index >= 15 is 0 Å². The van der Waals surface area contributed by atoms with E-state index in [4.69, 9.17) is 16.3 Å². The van der Waals surface area contributed by atoms with Crippen LogP contribution in [0, 0.1) is 18.3 Å². The second-order valence-electron chi connectivity index (χ2n) is 6.06. The first-order valence-electron chi connectivity index (χ1n) is 8.59. The molecule has 0 aliphatic heterocycles. The molecule has 7 heteroatoms. The summed E-state index contributed by atoms with van der Waals surface area (Å²) >= 11 is 7.03. The predicted octanol–water partition coefficient (Wildman–Crippen LogP) is 4.92. The van der Waals surface area contributed by atoms with E-state index in [0.29, 0.717) is 26.6 Å². The molecule has 2 aromatic heterocycles. The van der Waals surface area contributed by atoms with Gasteiger partial charge in [0.05, 0.1) is 28.3 Å². The number of carbonyl (C=O) groups is 2. The van der Waals surface area contributed by atoms with Crippen LogP contribution in [0.5, 0.6) is 0 Å². The molecule has 0 unspecified atom stereocenters. The molecule has 0 saturated carbocycles. The van der Waals surface area contributed by atoms with Gasteiger partial charge in [0.1, 0.15) is 11.8 Å². The van der Waals surface area contributed by atoms with Crippen LogP contribution in [-0.2, 0) is 4.74 Å². The second-order valence-corrected chi connectivity index (χ2v) is 7.49. The summed E-state index contributed by atoms with van der Waals surface area (Å²) in [6.07, 6.45) is 1.74. The molecule has 28 heavy (non-hydrogen) atoms. The highest BCUT2D eigenvalue weighted by Crippen LogP contribution is 2.33. The molecule has 0 amide bonds. The van der Waals surface area contributed by atoms with E-state index in [1.165, 1.54) is 0 Å². The molecule has 3 rings (SSSR count). The number of benzene rings is 1. The minimum absolute atomic E-state index is 0.0819. The van der Waals surface area contributed by atoms with Gasteiger partial charge < -0.3 is 9.14 Å². The van der Waals surface area contributed by atoms with Crippen molar-refractivity contribution in [1.82, 2.24) is 4.40 Å². The largest absolute Gasteiger partial charge is 0.461 e. The summed E-state index contributed by atoms with van der Waals surface area (Å²) in [7, 11) is 0. The van der Waals surface area contributed by atoms with Gasteiger partial charge in [-0.05, 0) is 55.8 Å². The Morgan fingerprint density at radius 1 is 1.25 bits per heavy atom. The van der Waals surface area contributed by atoms with Crippen molar-refractivity contribution in [2.75, 3.05) is 12.4 Å². The molecule has 2 heterocycles. The smallest absolute Gasteiger partial charge is 0.356 e. The molecule has 0 bridgehead atoms. The van der Waals surface area contributed by atoms with Crippen LogP contribution >= 0.6 is 23.4 Å². The Labute approximate surface area is 171 Å². The van der Waals surface area contributed by atoms with Crippen molar-refractivity contribution in [2.24, 2.45) is 0 Å². The van der Waals surface area contributed by atoms with Crippen molar-refractivity contribution in [3.05, 3.63) is 70.0 Å². The van der Waals surface area contributed by atoms with Gasteiger partial charge in [0.2, 0.25) is 0 Å². The number of hydrogen-bond acceptors (Lipinski definition) is 5. The molecular weight excluding hydrogens is 396 g/mol. The third-order valence-electron chi connectivity index (χ3n) is 4.14. The van der Waals surface area contributed by atoms with Crippen molar-refractivity contribution in [3.63, 3.8) is 0 Å². The fourth-order valence-corrected chi connectivity index (χ4v) is 4.01. The lowest BCUT2D eigenvalue weighted by molar-refractivity contribution is 0.0514. The van der Waals surface area contributed by atoms with Gasteiger partial charge in [-0.2, -0.15) is 5.26 Å². The Morgan fingerprint density at radius 3 is 2.61 bits per heavy atom. The van der Waals surface area contributed by atoms with Crippen molar-refractivity contribution >= 4 is 40.6 Å². The molecule has 0 radical (unpaired) electrons. The Balaban J connectivity index is 2.02. The monoisotopic (exact) mass is 412 g/mol. The lowest BCUT2D eigenvalue weighted by Gasteiger charge is -2.06. The SMILES string of the molecule is CCOC(=O)c1c(SCC(=O)c2ccc(Cl)cc2)c(C#N)c2cc(C)ccn12. The number of Topliss-reactive ketones (excluding diaryl/α,β-unsaturated/α-hetero) is 1. The van der Waals surface area contributed by atoms with E-state index < -0.39 is 5.97 Å². The topological polar surface area (TPSA) is 71.6 Å². The number of carbonyl (C=O) groups excluding carboxylic acids is 2. The molecule has 0 fully saturated rings. The fourth-order valence-electron chi connectivity index (χ4n) is 2.83. The van der Waals surface area contributed by atoms with Crippen molar-refractivity contribution in [2.45, 2.75) is 18.7 Å². The standard InChI is InChI=1S/C21H17ClN2O3S/c1-3-27-21(26)19-20(16(11-23)17-10-13(2)8-9-24(17)19)28-12-18(25)14-4-6-15(22)7-5-14/h4-10H,3,12H2,1-2H3. The highest BCUT2D eigenvalue weighted by atomic mass is 35.5. The number of ether oxygens (including phenoxy) is 1. The minimum Gasteiger partial charge on any atom is -0.461 e. The number of rotatable bonds is 6. The third kappa shape index (κ3) is 3.91. The quantitative estimate of drug-likeness (QED) is 0.326. The predicted molar refractivity (Wildman–Crippen MR) is 109 cm³/mol. The number of aryl methyl sites for hydroxylation is 1. The first kappa shape index (κ1) is 20.0. The van der Waals surface area contributed by atoms with Crippen LogP contribution < -0.4 is 0 Å². The molecule has 0 aliphatic carbocycles. The summed E-state index contributed by atoms with van der Waals surface area (Å²) in [5, 5.41) is 10.3. The molecule has 142 valence electrons. The summed E-state index contributed by atoms with van der Waals surface area (Å²) in [6.45, 7) is 3.85. The number of halogens is 1. The van der Waals surface area contributed by atoms with E-state index in [9.17, 15) is 14.9 Å². The van der Waals surface area contributed by atoms with E-state index in [1.54, 1.807) is 41.8 Å². The number of thioether (sulfide) groups is 1. The Hall–Kier alpha value is -2.75. The van der Waals surface area contributed by atoms with E-state index in [1.807, 2.05) is 19.1 Å². The minimum atomic E-state index is -0.524. The van der Waals surface area contributed by atoms with Crippen LogP contribution in [0.3, 0.4) is 0 Å². The molecule has 0 aliphatic rings. The Kier molecular flexibility index (Phi) is 6.08. The molecule has 0 spiro atoms. The fraction of sp³-hybridized carbons (Fsp3) is 0.190. The highest BCUT2D eigenvalue weighted by molar-refractivity contribution is 8.00. The van der Waals surface area contributed by atoms with Gasteiger partial charge in [-0.1, -0.05) is 11.6 Å². The number of esters is 1. The molecule has 3 aromatic rings. The summed E-state index contributed by atoms with van der Waals surface area (Å²) in [5.41, 5.74) is 2.73. The van der Waals surface area contributed by atoms with Gasteiger partial charge in [-0.15, -0.1) is 11.8 Å². The zero-order valence-corrected chi connectivity index (χ0v) is 16.9. The van der Waals surface area contributed by atoms with Crippen LogP contribution in [-0.4, -0.2) is 28.5 Å². The molecule has 0 saturated heterocycles. The number of hydrogen-bond donors (Lipinski definition) is 0. The van der Waals surface area contributed by atoms with Crippen LogP contribution in [0.1, 0.15) is 38.9 Å². The lowest BCUT2D eigenvalue weighted by atomic mass is 10.1. The average molecular weight is 413 g/mol. The Bertz CT molecular complexity index is 1100. The van der Waals surface area contributed by atoms with Gasteiger partial charge in [-0.3, -0.25) is 4.79 Å². The zero-order chi connectivity index (χ0) is 20.3. The maximum Gasteiger partial charge on any atom is 0.356 e. The number of nitriles is 1. The first-order valence-corrected chi connectivity index (χ1v) is 9.96. The molecule has 0 atom stereocenters. The number of aromatic nitrogens is 1.